The highest BCUT2D eigenvalue weighted by molar-refractivity contribution is 9.10. The van der Waals surface area contributed by atoms with Crippen LogP contribution in [0.2, 0.25) is 0 Å². The molecule has 7 heteroatoms. The van der Waals surface area contributed by atoms with Gasteiger partial charge in [-0.1, -0.05) is 34.1 Å². The van der Waals surface area contributed by atoms with Crippen LogP contribution < -0.4 is 15.6 Å². The third-order valence-electron chi connectivity index (χ3n) is 2.90. The summed E-state index contributed by atoms with van der Waals surface area (Å²) in [6, 6.07) is 12.5. The van der Waals surface area contributed by atoms with Crippen LogP contribution in [-0.2, 0) is 4.79 Å². The zero-order chi connectivity index (χ0) is 16.8. The minimum absolute atomic E-state index is 0.159. The molecular formula is C16H14BrFN2O3. The molecular weight excluding hydrogens is 367 g/mol. The SMILES string of the molecule is CC(Oc1cccc(Br)c1)C(=O)NNC(=O)c1ccccc1F. The van der Waals surface area contributed by atoms with Gasteiger partial charge < -0.3 is 4.74 Å². The first-order chi connectivity index (χ1) is 11.0. The van der Waals surface area contributed by atoms with E-state index in [1.54, 1.807) is 18.2 Å². The average molecular weight is 381 g/mol. The fourth-order valence-electron chi connectivity index (χ4n) is 1.73. The van der Waals surface area contributed by atoms with Crippen LogP contribution in [0.25, 0.3) is 0 Å². The molecule has 0 radical (unpaired) electrons. The number of carbonyl (C=O) groups excluding carboxylic acids is 2. The van der Waals surface area contributed by atoms with Crippen LogP contribution in [-0.4, -0.2) is 17.9 Å². The van der Waals surface area contributed by atoms with Gasteiger partial charge in [-0.25, -0.2) is 4.39 Å². The summed E-state index contributed by atoms with van der Waals surface area (Å²) in [4.78, 5) is 23.7. The van der Waals surface area contributed by atoms with Gasteiger partial charge >= 0.3 is 0 Å². The van der Waals surface area contributed by atoms with E-state index >= 15 is 0 Å². The predicted octanol–water partition coefficient (Wildman–Crippen LogP) is 2.82. The Labute approximate surface area is 140 Å². The normalized spacial score (nSPS) is 11.4. The van der Waals surface area contributed by atoms with E-state index in [0.717, 1.165) is 10.5 Å². The highest BCUT2D eigenvalue weighted by atomic mass is 79.9. The van der Waals surface area contributed by atoms with Crippen LogP contribution in [0, 0.1) is 5.82 Å². The van der Waals surface area contributed by atoms with E-state index in [4.69, 9.17) is 4.74 Å². The van der Waals surface area contributed by atoms with Crippen molar-refractivity contribution in [1.29, 1.82) is 0 Å². The maximum Gasteiger partial charge on any atom is 0.279 e. The Morgan fingerprint density at radius 1 is 1.13 bits per heavy atom. The van der Waals surface area contributed by atoms with E-state index in [-0.39, 0.29) is 5.56 Å². The Morgan fingerprint density at radius 2 is 1.87 bits per heavy atom. The van der Waals surface area contributed by atoms with Crippen molar-refractivity contribution < 1.29 is 18.7 Å². The monoisotopic (exact) mass is 380 g/mol. The van der Waals surface area contributed by atoms with E-state index < -0.39 is 23.7 Å². The Bertz CT molecular complexity index is 724. The number of hydrogen-bond acceptors (Lipinski definition) is 3. The van der Waals surface area contributed by atoms with Gasteiger partial charge in [-0.15, -0.1) is 0 Å². The third kappa shape index (κ3) is 4.79. The van der Waals surface area contributed by atoms with E-state index in [1.165, 1.54) is 25.1 Å². The summed E-state index contributed by atoms with van der Waals surface area (Å²) in [5.41, 5.74) is 4.19. The van der Waals surface area contributed by atoms with Gasteiger partial charge in [-0.2, -0.15) is 0 Å². The van der Waals surface area contributed by atoms with Crippen molar-refractivity contribution in [3.63, 3.8) is 0 Å². The minimum Gasteiger partial charge on any atom is -0.481 e. The number of hydrazine groups is 1. The number of rotatable bonds is 4. The molecule has 0 aromatic heterocycles. The van der Waals surface area contributed by atoms with Crippen molar-refractivity contribution in [2.24, 2.45) is 0 Å². The standard InChI is InChI=1S/C16H14BrFN2O3/c1-10(23-12-6-4-5-11(17)9-12)15(21)19-20-16(22)13-7-2-3-8-14(13)18/h2-10H,1H3,(H,19,21)(H,20,22). The summed E-state index contributed by atoms with van der Waals surface area (Å²) >= 11 is 3.30. The zero-order valence-electron chi connectivity index (χ0n) is 12.2. The van der Waals surface area contributed by atoms with E-state index in [2.05, 4.69) is 26.8 Å². The minimum atomic E-state index is -0.842. The lowest BCUT2D eigenvalue weighted by atomic mass is 10.2. The van der Waals surface area contributed by atoms with E-state index in [9.17, 15) is 14.0 Å². The molecule has 120 valence electrons. The number of carbonyl (C=O) groups is 2. The molecule has 23 heavy (non-hydrogen) atoms. The Morgan fingerprint density at radius 3 is 2.57 bits per heavy atom. The molecule has 0 saturated heterocycles. The van der Waals surface area contributed by atoms with Crippen molar-refractivity contribution in [2.45, 2.75) is 13.0 Å². The molecule has 0 aliphatic carbocycles. The largest absolute Gasteiger partial charge is 0.481 e. The van der Waals surface area contributed by atoms with Crippen molar-refractivity contribution in [3.05, 3.63) is 64.4 Å². The Balaban J connectivity index is 1.89. The summed E-state index contributed by atoms with van der Waals surface area (Å²) in [7, 11) is 0. The highest BCUT2D eigenvalue weighted by Gasteiger charge is 2.17. The second kappa shape index (κ2) is 7.73. The van der Waals surface area contributed by atoms with Gasteiger partial charge in [-0.05, 0) is 37.3 Å². The average Bonchev–Trinajstić information content (AvgIpc) is 2.52. The second-order valence-electron chi connectivity index (χ2n) is 4.64. The van der Waals surface area contributed by atoms with Crippen molar-refractivity contribution in [1.82, 2.24) is 10.9 Å². The fourth-order valence-corrected chi connectivity index (χ4v) is 2.11. The molecule has 0 aliphatic heterocycles. The molecule has 0 heterocycles. The maximum absolute atomic E-state index is 13.4. The van der Waals surface area contributed by atoms with Crippen LogP contribution in [0.4, 0.5) is 4.39 Å². The molecule has 2 amide bonds. The van der Waals surface area contributed by atoms with Crippen LogP contribution in [0.1, 0.15) is 17.3 Å². The molecule has 0 saturated carbocycles. The number of hydrogen-bond donors (Lipinski definition) is 2. The van der Waals surface area contributed by atoms with Gasteiger partial charge in [0.05, 0.1) is 5.56 Å². The molecule has 1 unspecified atom stereocenters. The van der Waals surface area contributed by atoms with Crippen molar-refractivity contribution in [2.75, 3.05) is 0 Å². The van der Waals surface area contributed by atoms with E-state index in [1.807, 2.05) is 6.07 Å². The third-order valence-corrected chi connectivity index (χ3v) is 3.39. The number of halogens is 2. The first-order valence-electron chi connectivity index (χ1n) is 6.74. The summed E-state index contributed by atoms with van der Waals surface area (Å²) in [5, 5.41) is 0. The lowest BCUT2D eigenvalue weighted by Gasteiger charge is -2.15. The summed E-state index contributed by atoms with van der Waals surface area (Å²) < 4.78 is 19.7. The summed E-state index contributed by atoms with van der Waals surface area (Å²) in [6.45, 7) is 1.53. The van der Waals surface area contributed by atoms with Crippen LogP contribution in [0.3, 0.4) is 0 Å². The van der Waals surface area contributed by atoms with Crippen LogP contribution >= 0.6 is 15.9 Å². The van der Waals surface area contributed by atoms with Crippen molar-refractivity contribution >= 4 is 27.7 Å². The number of benzene rings is 2. The zero-order valence-corrected chi connectivity index (χ0v) is 13.8. The predicted molar refractivity (Wildman–Crippen MR) is 86.2 cm³/mol. The van der Waals surface area contributed by atoms with Crippen LogP contribution in [0.5, 0.6) is 5.75 Å². The molecule has 2 aromatic rings. The van der Waals surface area contributed by atoms with Crippen LogP contribution in [0.15, 0.2) is 53.0 Å². The molecule has 2 aromatic carbocycles. The fraction of sp³-hybridized carbons (Fsp3) is 0.125. The molecule has 0 spiro atoms. The Kier molecular flexibility index (Phi) is 5.70. The maximum atomic E-state index is 13.4. The number of nitrogens with one attached hydrogen (secondary N) is 2. The molecule has 5 nitrogen and oxygen atoms in total. The van der Waals surface area contributed by atoms with Gasteiger partial charge in [0, 0.05) is 4.47 Å². The molecule has 1 atom stereocenters. The number of ether oxygens (including phenoxy) is 1. The lowest BCUT2D eigenvalue weighted by molar-refractivity contribution is -0.128. The molecule has 2 rings (SSSR count). The molecule has 0 aliphatic rings. The quantitative estimate of drug-likeness (QED) is 0.801. The molecule has 0 fully saturated rings. The first-order valence-corrected chi connectivity index (χ1v) is 7.53. The first kappa shape index (κ1) is 17.0. The molecule has 0 bridgehead atoms. The van der Waals surface area contributed by atoms with Gasteiger partial charge in [0.15, 0.2) is 6.10 Å². The Hall–Kier alpha value is -2.41. The highest BCUT2D eigenvalue weighted by Crippen LogP contribution is 2.18. The lowest BCUT2D eigenvalue weighted by Crippen LogP contribution is -2.47. The topological polar surface area (TPSA) is 67.4 Å². The van der Waals surface area contributed by atoms with Gasteiger partial charge in [0.25, 0.3) is 11.8 Å². The van der Waals surface area contributed by atoms with Gasteiger partial charge in [-0.3, -0.25) is 20.4 Å². The van der Waals surface area contributed by atoms with E-state index in [0.29, 0.717) is 5.75 Å². The van der Waals surface area contributed by atoms with Gasteiger partial charge in [0.2, 0.25) is 0 Å². The summed E-state index contributed by atoms with van der Waals surface area (Å²) in [6.07, 6.45) is -0.842. The van der Waals surface area contributed by atoms with Gasteiger partial charge in [0.1, 0.15) is 11.6 Å². The summed E-state index contributed by atoms with van der Waals surface area (Å²) in [5.74, 6) is -1.47. The number of amides is 2. The second-order valence-corrected chi connectivity index (χ2v) is 5.56. The van der Waals surface area contributed by atoms with Crippen molar-refractivity contribution in [3.8, 4) is 5.75 Å². The smallest absolute Gasteiger partial charge is 0.279 e. The molecule has 2 N–H and O–H groups in total.